The minimum atomic E-state index is 0.627. The van der Waals surface area contributed by atoms with Crippen LogP contribution in [0.4, 0.5) is 5.69 Å². The third-order valence-corrected chi connectivity index (χ3v) is 4.40. The average molecular weight is 269 g/mol. The standard InChI is InChI=1S/C17H23N3/c1-2-14-7-3-4-10-17(14)19-15-8-5-9-16(13-15)20-12-6-11-18-20/h5-6,8-9,11-14,17,19H,2-4,7,10H2,1H3. The molecule has 2 unspecified atom stereocenters. The first-order valence-corrected chi connectivity index (χ1v) is 7.73. The van der Waals surface area contributed by atoms with Crippen LogP contribution in [0.1, 0.15) is 39.0 Å². The fourth-order valence-corrected chi connectivity index (χ4v) is 3.26. The van der Waals surface area contributed by atoms with Gasteiger partial charge in [-0.15, -0.1) is 0 Å². The zero-order chi connectivity index (χ0) is 13.8. The highest BCUT2D eigenvalue weighted by Crippen LogP contribution is 2.29. The number of nitrogens with zero attached hydrogens (tertiary/aromatic N) is 2. The topological polar surface area (TPSA) is 29.9 Å². The molecule has 1 aromatic carbocycles. The van der Waals surface area contributed by atoms with Crippen LogP contribution in [0.25, 0.3) is 5.69 Å². The molecule has 1 heterocycles. The highest BCUT2D eigenvalue weighted by molar-refractivity contribution is 5.51. The number of anilines is 1. The second-order valence-electron chi connectivity index (χ2n) is 5.70. The Morgan fingerprint density at radius 3 is 2.95 bits per heavy atom. The van der Waals surface area contributed by atoms with E-state index in [2.05, 4.69) is 41.6 Å². The van der Waals surface area contributed by atoms with E-state index in [1.165, 1.54) is 37.8 Å². The van der Waals surface area contributed by atoms with Crippen molar-refractivity contribution in [2.24, 2.45) is 5.92 Å². The molecule has 1 fully saturated rings. The first-order valence-electron chi connectivity index (χ1n) is 7.73. The maximum atomic E-state index is 4.29. The molecule has 2 aromatic rings. The molecule has 2 atom stereocenters. The van der Waals surface area contributed by atoms with Crippen LogP contribution in [0.5, 0.6) is 0 Å². The second-order valence-corrected chi connectivity index (χ2v) is 5.70. The third-order valence-electron chi connectivity index (χ3n) is 4.40. The van der Waals surface area contributed by atoms with E-state index >= 15 is 0 Å². The molecule has 0 amide bonds. The lowest BCUT2D eigenvalue weighted by Crippen LogP contribution is -2.31. The van der Waals surface area contributed by atoms with E-state index in [0.717, 1.165) is 11.6 Å². The molecule has 3 nitrogen and oxygen atoms in total. The Bertz CT molecular complexity index is 533. The van der Waals surface area contributed by atoms with Crippen molar-refractivity contribution in [1.82, 2.24) is 9.78 Å². The lowest BCUT2D eigenvalue weighted by molar-refractivity contribution is 0.317. The van der Waals surface area contributed by atoms with Crippen molar-refractivity contribution in [2.75, 3.05) is 5.32 Å². The van der Waals surface area contributed by atoms with Crippen LogP contribution in [0, 0.1) is 5.92 Å². The molecular weight excluding hydrogens is 246 g/mol. The number of aromatic nitrogens is 2. The van der Waals surface area contributed by atoms with E-state index in [-0.39, 0.29) is 0 Å². The summed E-state index contributed by atoms with van der Waals surface area (Å²) in [6.45, 7) is 2.31. The summed E-state index contributed by atoms with van der Waals surface area (Å²) in [5.41, 5.74) is 2.33. The van der Waals surface area contributed by atoms with Crippen LogP contribution >= 0.6 is 0 Å². The van der Waals surface area contributed by atoms with Crippen LogP contribution in [0.15, 0.2) is 42.7 Å². The van der Waals surface area contributed by atoms with Crippen molar-refractivity contribution in [1.29, 1.82) is 0 Å². The van der Waals surface area contributed by atoms with E-state index in [0.29, 0.717) is 6.04 Å². The molecule has 0 saturated heterocycles. The maximum Gasteiger partial charge on any atom is 0.0666 e. The van der Waals surface area contributed by atoms with Crippen LogP contribution in [-0.2, 0) is 0 Å². The van der Waals surface area contributed by atoms with Gasteiger partial charge in [-0.2, -0.15) is 5.10 Å². The molecule has 1 aliphatic rings. The molecule has 0 radical (unpaired) electrons. The molecule has 1 aromatic heterocycles. The largest absolute Gasteiger partial charge is 0.382 e. The van der Waals surface area contributed by atoms with Gasteiger partial charge in [-0.25, -0.2) is 4.68 Å². The Morgan fingerprint density at radius 1 is 1.25 bits per heavy atom. The first kappa shape index (κ1) is 13.2. The molecule has 20 heavy (non-hydrogen) atoms. The molecule has 0 spiro atoms. The Morgan fingerprint density at radius 2 is 2.15 bits per heavy atom. The lowest BCUT2D eigenvalue weighted by atomic mass is 9.83. The van der Waals surface area contributed by atoms with Gasteiger partial charge in [-0.05, 0) is 43.0 Å². The minimum Gasteiger partial charge on any atom is -0.382 e. The van der Waals surface area contributed by atoms with E-state index in [9.17, 15) is 0 Å². The molecule has 3 heteroatoms. The van der Waals surface area contributed by atoms with Gasteiger partial charge in [0.1, 0.15) is 0 Å². The molecule has 1 N–H and O–H groups in total. The van der Waals surface area contributed by atoms with Gasteiger partial charge < -0.3 is 5.32 Å². The number of hydrogen-bond acceptors (Lipinski definition) is 2. The lowest BCUT2D eigenvalue weighted by Gasteiger charge is -2.32. The van der Waals surface area contributed by atoms with Crippen LogP contribution in [-0.4, -0.2) is 15.8 Å². The van der Waals surface area contributed by atoms with Crippen molar-refractivity contribution in [3.8, 4) is 5.69 Å². The summed E-state index contributed by atoms with van der Waals surface area (Å²) in [6, 6.07) is 11.1. The summed E-state index contributed by atoms with van der Waals surface area (Å²) in [4.78, 5) is 0. The van der Waals surface area contributed by atoms with E-state index in [1.54, 1.807) is 0 Å². The summed E-state index contributed by atoms with van der Waals surface area (Å²) >= 11 is 0. The van der Waals surface area contributed by atoms with E-state index in [4.69, 9.17) is 0 Å². The summed E-state index contributed by atoms with van der Waals surface area (Å²) in [5.74, 6) is 0.817. The highest BCUT2D eigenvalue weighted by Gasteiger charge is 2.23. The number of rotatable bonds is 4. The van der Waals surface area contributed by atoms with Crippen LogP contribution in [0.3, 0.4) is 0 Å². The van der Waals surface area contributed by atoms with E-state index < -0.39 is 0 Å². The predicted molar refractivity (Wildman–Crippen MR) is 83.2 cm³/mol. The Balaban J connectivity index is 1.75. The summed E-state index contributed by atoms with van der Waals surface area (Å²) in [7, 11) is 0. The van der Waals surface area contributed by atoms with Crippen LogP contribution in [0.2, 0.25) is 0 Å². The number of benzene rings is 1. The molecule has 106 valence electrons. The van der Waals surface area contributed by atoms with Gasteiger partial charge >= 0.3 is 0 Å². The molecule has 1 saturated carbocycles. The van der Waals surface area contributed by atoms with Gasteiger partial charge in [0.25, 0.3) is 0 Å². The Hall–Kier alpha value is -1.77. The normalized spacial score (nSPS) is 22.6. The quantitative estimate of drug-likeness (QED) is 0.899. The second kappa shape index (κ2) is 6.12. The van der Waals surface area contributed by atoms with Crippen molar-refractivity contribution < 1.29 is 0 Å². The fourth-order valence-electron chi connectivity index (χ4n) is 3.26. The molecule has 3 rings (SSSR count). The SMILES string of the molecule is CCC1CCCCC1Nc1cccc(-n2cccn2)c1. The Labute approximate surface area is 121 Å². The summed E-state index contributed by atoms with van der Waals surface area (Å²) in [6.07, 6.45) is 10.5. The number of nitrogens with one attached hydrogen (secondary N) is 1. The average Bonchev–Trinajstić information content (AvgIpc) is 3.02. The monoisotopic (exact) mass is 269 g/mol. The van der Waals surface area contributed by atoms with Crippen molar-refractivity contribution in [3.63, 3.8) is 0 Å². The zero-order valence-corrected chi connectivity index (χ0v) is 12.1. The number of hydrogen-bond donors (Lipinski definition) is 1. The molecule has 0 aliphatic heterocycles. The minimum absolute atomic E-state index is 0.627. The summed E-state index contributed by atoms with van der Waals surface area (Å²) < 4.78 is 1.91. The smallest absolute Gasteiger partial charge is 0.0666 e. The first-order chi connectivity index (χ1) is 9.86. The van der Waals surface area contributed by atoms with Crippen molar-refractivity contribution >= 4 is 5.69 Å². The van der Waals surface area contributed by atoms with Gasteiger partial charge in [0, 0.05) is 24.1 Å². The van der Waals surface area contributed by atoms with Gasteiger partial charge in [0.15, 0.2) is 0 Å². The maximum absolute atomic E-state index is 4.29. The molecule has 0 bridgehead atoms. The van der Waals surface area contributed by atoms with Crippen molar-refractivity contribution in [3.05, 3.63) is 42.7 Å². The van der Waals surface area contributed by atoms with Gasteiger partial charge in [0.2, 0.25) is 0 Å². The highest BCUT2D eigenvalue weighted by atomic mass is 15.3. The van der Waals surface area contributed by atoms with Gasteiger partial charge in [0.05, 0.1) is 5.69 Å². The molecule has 1 aliphatic carbocycles. The predicted octanol–water partition coefficient (Wildman–Crippen LogP) is 4.25. The fraction of sp³-hybridized carbons (Fsp3) is 0.471. The third kappa shape index (κ3) is 2.87. The van der Waals surface area contributed by atoms with Gasteiger partial charge in [-0.3, -0.25) is 0 Å². The van der Waals surface area contributed by atoms with Crippen molar-refractivity contribution in [2.45, 2.75) is 45.1 Å². The summed E-state index contributed by atoms with van der Waals surface area (Å²) in [5, 5.41) is 8.04. The Kier molecular flexibility index (Phi) is 4.05. The van der Waals surface area contributed by atoms with E-state index in [1.807, 2.05) is 23.1 Å². The van der Waals surface area contributed by atoms with Crippen LogP contribution < -0.4 is 5.32 Å². The molecular formula is C17H23N3. The van der Waals surface area contributed by atoms with Gasteiger partial charge in [-0.1, -0.05) is 32.3 Å². The zero-order valence-electron chi connectivity index (χ0n) is 12.1.